The Hall–Kier alpha value is -3.95. The second-order valence-electron chi connectivity index (χ2n) is 9.80. The maximum Gasteiger partial charge on any atom is 0.408 e. The van der Waals surface area contributed by atoms with Crippen LogP contribution in [0, 0.1) is 5.82 Å². The molecule has 198 valence electrons. The number of carbonyl (C=O) groups is 2. The Morgan fingerprint density at radius 2 is 1.66 bits per heavy atom. The molecule has 0 saturated carbocycles. The van der Waals surface area contributed by atoms with Gasteiger partial charge in [0.25, 0.3) is 0 Å². The van der Waals surface area contributed by atoms with Crippen LogP contribution in [0.25, 0.3) is 22.2 Å². The van der Waals surface area contributed by atoms with Gasteiger partial charge in [-0.3, -0.25) is 4.79 Å². The van der Waals surface area contributed by atoms with Crippen LogP contribution in [0.1, 0.15) is 31.9 Å². The summed E-state index contributed by atoms with van der Waals surface area (Å²) in [5, 5.41) is 17.8. The highest BCUT2D eigenvalue weighted by molar-refractivity contribution is 6.30. The number of aromatic nitrogens is 2. The molecule has 0 spiro atoms. The highest BCUT2D eigenvalue weighted by atomic mass is 35.5. The minimum atomic E-state index is -1.63. The molecule has 4 aromatic rings. The van der Waals surface area contributed by atoms with Gasteiger partial charge in [0.05, 0.1) is 18.5 Å². The van der Waals surface area contributed by atoms with Gasteiger partial charge >= 0.3 is 6.09 Å². The van der Waals surface area contributed by atoms with Crippen LogP contribution in [0.3, 0.4) is 0 Å². The summed E-state index contributed by atoms with van der Waals surface area (Å²) in [6, 6.07) is 15.3. The lowest BCUT2D eigenvalue weighted by atomic mass is 9.85. The summed E-state index contributed by atoms with van der Waals surface area (Å²) in [5.74, 6) is -0.922. The van der Waals surface area contributed by atoms with E-state index in [0.29, 0.717) is 32.7 Å². The van der Waals surface area contributed by atoms with Gasteiger partial charge in [-0.05, 0) is 61.2 Å². The second-order valence-corrected chi connectivity index (χ2v) is 10.2. The van der Waals surface area contributed by atoms with Crippen LogP contribution in [-0.2, 0) is 15.1 Å². The highest BCUT2D eigenvalue weighted by Crippen LogP contribution is 2.34. The zero-order chi connectivity index (χ0) is 27.5. The molecule has 0 saturated heterocycles. The molecule has 1 atom stereocenters. The van der Waals surface area contributed by atoms with Gasteiger partial charge < -0.3 is 25.5 Å². The van der Waals surface area contributed by atoms with Crippen LogP contribution >= 0.6 is 11.6 Å². The Balaban J connectivity index is 1.57. The number of rotatable bonds is 7. The number of fused-ring (bicyclic) bond motifs is 1. The molecular formula is C28H28ClFN4O4. The van der Waals surface area contributed by atoms with E-state index >= 15 is 0 Å². The van der Waals surface area contributed by atoms with Crippen LogP contribution < -0.4 is 10.6 Å². The number of aromatic amines is 1. The van der Waals surface area contributed by atoms with Gasteiger partial charge in [0, 0.05) is 17.4 Å². The molecule has 0 bridgehead atoms. The van der Waals surface area contributed by atoms with Crippen LogP contribution in [0.4, 0.5) is 9.18 Å². The molecule has 1 unspecified atom stereocenters. The molecule has 2 aromatic carbocycles. The third kappa shape index (κ3) is 6.12. The minimum Gasteiger partial charge on any atom is -0.444 e. The number of halogens is 2. The van der Waals surface area contributed by atoms with E-state index in [1.807, 2.05) is 0 Å². The number of aliphatic hydroxyl groups is 1. The molecule has 4 N–H and O–H groups in total. The van der Waals surface area contributed by atoms with Crippen LogP contribution in [0.15, 0.2) is 67.0 Å². The molecule has 2 aromatic heterocycles. The molecule has 38 heavy (non-hydrogen) atoms. The predicted octanol–water partition coefficient (Wildman–Crippen LogP) is 4.90. The van der Waals surface area contributed by atoms with E-state index in [0.717, 1.165) is 5.56 Å². The fraction of sp³-hybridized carbons (Fsp3) is 0.250. The lowest BCUT2D eigenvalue weighted by Crippen LogP contribution is -2.45. The van der Waals surface area contributed by atoms with Crippen molar-refractivity contribution < 1.29 is 23.8 Å². The maximum absolute atomic E-state index is 14.4. The topological polar surface area (TPSA) is 116 Å². The summed E-state index contributed by atoms with van der Waals surface area (Å²) in [4.78, 5) is 31.3. The third-order valence-electron chi connectivity index (χ3n) is 5.85. The largest absolute Gasteiger partial charge is 0.444 e. The monoisotopic (exact) mass is 538 g/mol. The van der Waals surface area contributed by atoms with Gasteiger partial charge in [0.15, 0.2) is 5.82 Å². The van der Waals surface area contributed by atoms with Gasteiger partial charge in [0.1, 0.15) is 16.8 Å². The van der Waals surface area contributed by atoms with Crippen LogP contribution in [0.5, 0.6) is 0 Å². The lowest BCUT2D eigenvalue weighted by Gasteiger charge is -2.30. The Labute approximate surface area is 224 Å². The first kappa shape index (κ1) is 27.1. The number of ether oxygens (including phenoxy) is 1. The van der Waals surface area contributed by atoms with Crippen molar-refractivity contribution in [1.29, 1.82) is 0 Å². The van der Waals surface area contributed by atoms with Crippen molar-refractivity contribution in [3.8, 4) is 11.1 Å². The van der Waals surface area contributed by atoms with E-state index in [-0.39, 0.29) is 13.1 Å². The molecule has 0 aliphatic carbocycles. The number of pyridine rings is 1. The number of amides is 2. The molecule has 0 aliphatic heterocycles. The molecule has 2 heterocycles. The van der Waals surface area contributed by atoms with E-state index in [9.17, 15) is 19.1 Å². The molecular weight excluding hydrogens is 511 g/mol. The predicted molar refractivity (Wildman–Crippen MR) is 143 cm³/mol. The van der Waals surface area contributed by atoms with E-state index in [1.54, 1.807) is 81.6 Å². The standard InChI is InChI=1S/C28H28ClFN4O4/c1-27(2,3)38-26(36)33-15-23(35)34-16-28(37,19-8-10-20(29)11-9-19)18-6-4-17(5-7-18)21-12-13-31-25-24(21)22(30)14-32-25/h4-14,37H,15-16H2,1-3H3,(H,31,32)(H,33,36)(H,34,35). The van der Waals surface area contributed by atoms with E-state index < -0.39 is 29.0 Å². The fourth-order valence-electron chi connectivity index (χ4n) is 4.03. The van der Waals surface area contributed by atoms with Gasteiger partial charge in [-0.15, -0.1) is 0 Å². The van der Waals surface area contributed by atoms with Gasteiger partial charge in [-0.2, -0.15) is 0 Å². The van der Waals surface area contributed by atoms with E-state index in [2.05, 4.69) is 20.6 Å². The van der Waals surface area contributed by atoms with Crippen molar-refractivity contribution in [2.24, 2.45) is 0 Å². The maximum atomic E-state index is 14.4. The molecule has 10 heteroatoms. The van der Waals surface area contributed by atoms with Crippen molar-refractivity contribution in [2.45, 2.75) is 32.0 Å². The summed E-state index contributed by atoms with van der Waals surface area (Å²) in [5.41, 5.74) is 0.473. The fourth-order valence-corrected chi connectivity index (χ4v) is 4.16. The summed E-state index contributed by atoms with van der Waals surface area (Å²) in [7, 11) is 0. The third-order valence-corrected chi connectivity index (χ3v) is 6.11. The molecule has 0 fully saturated rings. The average molecular weight is 539 g/mol. The normalized spacial score (nSPS) is 13.1. The summed E-state index contributed by atoms with van der Waals surface area (Å²) >= 11 is 6.05. The highest BCUT2D eigenvalue weighted by Gasteiger charge is 2.32. The number of H-pyrrole nitrogens is 1. The Morgan fingerprint density at radius 1 is 1.03 bits per heavy atom. The number of carbonyl (C=O) groups excluding carboxylic acids is 2. The van der Waals surface area contributed by atoms with Crippen LogP contribution in [-0.4, -0.2) is 45.8 Å². The minimum absolute atomic E-state index is 0.186. The van der Waals surface area contributed by atoms with Crippen molar-refractivity contribution in [3.63, 3.8) is 0 Å². The molecule has 4 rings (SSSR count). The molecule has 2 amide bonds. The summed E-state index contributed by atoms with van der Waals surface area (Å²) < 4.78 is 19.5. The Morgan fingerprint density at radius 3 is 2.29 bits per heavy atom. The molecule has 0 aliphatic rings. The van der Waals surface area contributed by atoms with Crippen molar-refractivity contribution in [3.05, 3.63) is 89.0 Å². The number of nitrogens with one attached hydrogen (secondary N) is 3. The number of benzene rings is 2. The van der Waals surface area contributed by atoms with Crippen molar-refractivity contribution >= 4 is 34.6 Å². The first-order valence-corrected chi connectivity index (χ1v) is 12.3. The second kappa shape index (κ2) is 10.8. The summed E-state index contributed by atoms with van der Waals surface area (Å²) in [6.45, 7) is 4.64. The number of nitrogens with zero attached hydrogens (tertiary/aromatic N) is 1. The zero-order valence-electron chi connectivity index (χ0n) is 21.1. The quantitative estimate of drug-likeness (QED) is 0.267. The molecule has 8 nitrogen and oxygen atoms in total. The van der Waals surface area contributed by atoms with Gasteiger partial charge in [-0.1, -0.05) is 48.0 Å². The Bertz CT molecular complexity index is 1450. The smallest absolute Gasteiger partial charge is 0.408 e. The van der Waals surface area contributed by atoms with E-state index in [4.69, 9.17) is 16.3 Å². The lowest BCUT2D eigenvalue weighted by molar-refractivity contribution is -0.121. The number of hydrogen-bond donors (Lipinski definition) is 4. The van der Waals surface area contributed by atoms with Crippen molar-refractivity contribution in [1.82, 2.24) is 20.6 Å². The van der Waals surface area contributed by atoms with Gasteiger partial charge in [0.2, 0.25) is 5.91 Å². The number of hydrogen-bond acceptors (Lipinski definition) is 5. The van der Waals surface area contributed by atoms with Gasteiger partial charge in [-0.25, -0.2) is 14.2 Å². The van der Waals surface area contributed by atoms with Crippen LogP contribution in [0.2, 0.25) is 5.02 Å². The molecule has 0 radical (unpaired) electrons. The Kier molecular flexibility index (Phi) is 7.71. The van der Waals surface area contributed by atoms with E-state index in [1.165, 1.54) is 6.20 Å². The summed E-state index contributed by atoms with van der Waals surface area (Å²) in [6.07, 6.45) is 2.13. The first-order valence-electron chi connectivity index (χ1n) is 11.9. The van der Waals surface area contributed by atoms with Crippen molar-refractivity contribution in [2.75, 3.05) is 13.1 Å². The average Bonchev–Trinajstić information content (AvgIpc) is 3.26. The SMILES string of the molecule is CC(C)(C)OC(=O)NCC(=O)NCC(O)(c1ccc(Cl)cc1)c1ccc(-c2ccnc3[nH]cc(F)c23)cc1. The zero-order valence-corrected chi connectivity index (χ0v) is 21.9. The first-order chi connectivity index (χ1) is 18.0. The number of alkyl carbamates (subject to hydrolysis) is 1.